The number of aromatic nitrogens is 1. The quantitative estimate of drug-likeness (QED) is 0.579. The van der Waals surface area contributed by atoms with Crippen LogP contribution in [-0.4, -0.2) is 19.4 Å². The second kappa shape index (κ2) is 3.32. The van der Waals surface area contributed by atoms with Crippen LogP contribution in [-0.2, 0) is 0 Å². The molecule has 1 aromatic rings. The third-order valence-electron chi connectivity index (χ3n) is 0.959. The molecule has 56 valence electrons. The minimum Gasteiger partial charge on any atom is -0.433 e. The molecule has 5 heteroatoms. The van der Waals surface area contributed by atoms with Gasteiger partial charge in [-0.25, -0.2) is 0 Å². The molecule has 0 aliphatic heterocycles. The monoisotopic (exact) mass is 155 g/mol. The summed E-state index contributed by atoms with van der Waals surface area (Å²) < 4.78 is 27.1. The van der Waals surface area contributed by atoms with E-state index < -0.39 is 6.61 Å². The van der Waals surface area contributed by atoms with E-state index in [9.17, 15) is 8.78 Å². The van der Waals surface area contributed by atoms with Gasteiger partial charge in [-0.05, 0) is 6.07 Å². The van der Waals surface area contributed by atoms with Crippen LogP contribution in [0, 0.1) is 0 Å². The molecule has 1 heterocycles. The first kappa shape index (κ1) is 7.98. The van der Waals surface area contributed by atoms with E-state index in [4.69, 9.17) is 7.85 Å². The summed E-state index contributed by atoms with van der Waals surface area (Å²) in [6.45, 7) is -2.83. The smallest absolute Gasteiger partial charge is 0.387 e. The molecule has 0 amide bonds. The maximum absolute atomic E-state index is 11.6. The molecule has 0 bridgehead atoms. The maximum atomic E-state index is 11.6. The third-order valence-corrected chi connectivity index (χ3v) is 0.959. The molecular formula is C6H4BF2NO. The van der Waals surface area contributed by atoms with Crippen molar-refractivity contribution in [3.05, 3.63) is 18.5 Å². The highest BCUT2D eigenvalue weighted by Crippen LogP contribution is 2.08. The maximum Gasteiger partial charge on any atom is 0.387 e. The van der Waals surface area contributed by atoms with E-state index in [1.54, 1.807) is 0 Å². The number of hydrogen-bond donors (Lipinski definition) is 0. The van der Waals surface area contributed by atoms with Crippen molar-refractivity contribution in [2.45, 2.75) is 6.61 Å². The van der Waals surface area contributed by atoms with Crippen LogP contribution in [0.2, 0.25) is 0 Å². The summed E-state index contributed by atoms with van der Waals surface area (Å²) >= 11 is 0. The average Bonchev–Trinajstić information content (AvgIpc) is 1.85. The first-order valence-electron chi connectivity index (χ1n) is 2.84. The van der Waals surface area contributed by atoms with Gasteiger partial charge in [-0.15, -0.1) is 0 Å². The number of hydrogen-bond acceptors (Lipinski definition) is 2. The highest BCUT2D eigenvalue weighted by molar-refractivity contribution is 6.32. The molecule has 0 saturated carbocycles. The standard InChI is InChI=1S/C6H4BF2NO/c7-4-1-5(3-10-2-4)11-6(8)9/h1-3,6H. The van der Waals surface area contributed by atoms with Crippen LogP contribution < -0.4 is 10.2 Å². The molecule has 0 unspecified atom stereocenters. The molecule has 0 saturated heterocycles. The topological polar surface area (TPSA) is 22.1 Å². The Balaban J connectivity index is 2.71. The van der Waals surface area contributed by atoms with Gasteiger partial charge in [-0.1, -0.05) is 5.46 Å². The van der Waals surface area contributed by atoms with Crippen LogP contribution in [0.4, 0.5) is 8.78 Å². The van der Waals surface area contributed by atoms with Gasteiger partial charge in [0.15, 0.2) is 0 Å². The largest absolute Gasteiger partial charge is 0.433 e. The minimum absolute atomic E-state index is 0.0278. The fourth-order valence-corrected chi connectivity index (χ4v) is 0.603. The zero-order valence-corrected chi connectivity index (χ0v) is 5.50. The van der Waals surface area contributed by atoms with Crippen LogP contribution in [0.25, 0.3) is 0 Å². The van der Waals surface area contributed by atoms with Crippen molar-refractivity contribution in [3.63, 3.8) is 0 Å². The number of alkyl halides is 2. The fraction of sp³-hybridized carbons (Fsp3) is 0.167. The minimum atomic E-state index is -2.83. The SMILES string of the molecule is [B]c1cncc(OC(F)F)c1. The third kappa shape index (κ3) is 2.53. The average molecular weight is 155 g/mol. The molecule has 11 heavy (non-hydrogen) atoms. The lowest BCUT2D eigenvalue weighted by atomic mass is 9.99. The van der Waals surface area contributed by atoms with Crippen molar-refractivity contribution >= 4 is 13.3 Å². The highest BCUT2D eigenvalue weighted by atomic mass is 19.3. The lowest BCUT2D eigenvalue weighted by molar-refractivity contribution is -0.0500. The van der Waals surface area contributed by atoms with Gasteiger partial charge < -0.3 is 4.74 Å². The van der Waals surface area contributed by atoms with E-state index in [1.165, 1.54) is 18.5 Å². The molecule has 0 fully saturated rings. The van der Waals surface area contributed by atoms with Crippen molar-refractivity contribution in [1.29, 1.82) is 0 Å². The van der Waals surface area contributed by atoms with Crippen molar-refractivity contribution in [1.82, 2.24) is 4.98 Å². The lowest BCUT2D eigenvalue weighted by Crippen LogP contribution is -2.07. The molecule has 0 aliphatic rings. The number of halogens is 2. The summed E-state index contributed by atoms with van der Waals surface area (Å²) in [6, 6.07) is 1.28. The Hall–Kier alpha value is -1.13. The Bertz CT molecular complexity index is 244. The number of nitrogens with zero attached hydrogens (tertiary/aromatic N) is 1. The molecular weight excluding hydrogens is 151 g/mol. The Labute approximate surface area is 63.6 Å². The van der Waals surface area contributed by atoms with Crippen molar-refractivity contribution in [2.24, 2.45) is 0 Å². The Morgan fingerprint density at radius 1 is 1.45 bits per heavy atom. The second-order valence-corrected chi connectivity index (χ2v) is 1.83. The summed E-state index contributed by atoms with van der Waals surface area (Å²) in [5.74, 6) is -0.0278. The zero-order valence-electron chi connectivity index (χ0n) is 5.50. The lowest BCUT2D eigenvalue weighted by Gasteiger charge is -2.03. The zero-order chi connectivity index (χ0) is 8.27. The highest BCUT2D eigenvalue weighted by Gasteiger charge is 2.02. The Morgan fingerprint density at radius 3 is 2.73 bits per heavy atom. The van der Waals surface area contributed by atoms with Gasteiger partial charge in [0.25, 0.3) is 0 Å². The van der Waals surface area contributed by atoms with E-state index in [2.05, 4.69) is 9.72 Å². The summed E-state index contributed by atoms with van der Waals surface area (Å²) in [7, 11) is 5.25. The van der Waals surface area contributed by atoms with Gasteiger partial charge >= 0.3 is 6.61 Å². The van der Waals surface area contributed by atoms with Crippen LogP contribution in [0.3, 0.4) is 0 Å². The van der Waals surface area contributed by atoms with Crippen molar-refractivity contribution in [3.8, 4) is 5.75 Å². The van der Waals surface area contributed by atoms with E-state index in [-0.39, 0.29) is 5.75 Å². The first-order valence-corrected chi connectivity index (χ1v) is 2.84. The molecule has 0 atom stereocenters. The number of pyridine rings is 1. The Kier molecular flexibility index (Phi) is 2.41. The second-order valence-electron chi connectivity index (χ2n) is 1.83. The molecule has 0 aromatic carbocycles. The van der Waals surface area contributed by atoms with E-state index in [0.29, 0.717) is 5.46 Å². The van der Waals surface area contributed by atoms with Gasteiger partial charge in [-0.3, -0.25) is 4.98 Å². The predicted octanol–water partition coefficient (Wildman–Crippen LogP) is 0.477. The van der Waals surface area contributed by atoms with Gasteiger partial charge in [-0.2, -0.15) is 8.78 Å². The Morgan fingerprint density at radius 2 is 2.18 bits per heavy atom. The van der Waals surface area contributed by atoms with Gasteiger partial charge in [0.2, 0.25) is 0 Å². The summed E-state index contributed by atoms with van der Waals surface area (Å²) in [4.78, 5) is 3.55. The molecule has 0 aliphatic carbocycles. The van der Waals surface area contributed by atoms with Crippen molar-refractivity contribution in [2.75, 3.05) is 0 Å². The molecule has 2 radical (unpaired) electrons. The first-order chi connectivity index (χ1) is 5.18. The number of ether oxygens (including phenoxy) is 1. The van der Waals surface area contributed by atoms with E-state index >= 15 is 0 Å². The van der Waals surface area contributed by atoms with Crippen LogP contribution in [0.15, 0.2) is 18.5 Å². The summed E-state index contributed by atoms with van der Waals surface area (Å²) in [5.41, 5.74) is 0.295. The van der Waals surface area contributed by atoms with E-state index in [1.807, 2.05) is 0 Å². The molecule has 1 aromatic heterocycles. The summed E-state index contributed by atoms with van der Waals surface area (Å²) in [6.07, 6.45) is 2.51. The molecule has 0 spiro atoms. The van der Waals surface area contributed by atoms with Crippen molar-refractivity contribution < 1.29 is 13.5 Å². The molecule has 0 N–H and O–H groups in total. The normalized spacial score (nSPS) is 10.1. The molecule has 2 nitrogen and oxygen atoms in total. The predicted molar refractivity (Wildman–Crippen MR) is 36.3 cm³/mol. The van der Waals surface area contributed by atoms with Crippen LogP contribution >= 0.6 is 0 Å². The van der Waals surface area contributed by atoms with Gasteiger partial charge in [0.1, 0.15) is 13.6 Å². The van der Waals surface area contributed by atoms with Crippen LogP contribution in [0.1, 0.15) is 0 Å². The summed E-state index contributed by atoms with van der Waals surface area (Å²) in [5, 5.41) is 0. The fourth-order valence-electron chi connectivity index (χ4n) is 0.603. The number of rotatable bonds is 2. The van der Waals surface area contributed by atoms with Gasteiger partial charge in [0.05, 0.1) is 6.20 Å². The molecule has 1 rings (SSSR count). The van der Waals surface area contributed by atoms with Crippen LogP contribution in [0.5, 0.6) is 5.75 Å². The van der Waals surface area contributed by atoms with E-state index in [0.717, 1.165) is 0 Å². The van der Waals surface area contributed by atoms with Gasteiger partial charge in [0, 0.05) is 6.20 Å².